The maximum absolute atomic E-state index is 13.2. The van der Waals surface area contributed by atoms with Crippen LogP contribution in [0.15, 0.2) is 78.9 Å². The molecule has 0 spiro atoms. The molecule has 0 unspecified atom stereocenters. The highest BCUT2D eigenvalue weighted by molar-refractivity contribution is 5.97. The first kappa shape index (κ1) is 20.9. The number of piperazine rings is 1. The molecular formula is C26H29N2O3+. The van der Waals surface area contributed by atoms with Crippen LogP contribution >= 0.6 is 0 Å². The van der Waals surface area contributed by atoms with Crippen LogP contribution in [0.3, 0.4) is 0 Å². The number of rotatable bonds is 6. The van der Waals surface area contributed by atoms with Crippen LogP contribution in [-0.2, 0) is 0 Å². The second-order valence-electron chi connectivity index (χ2n) is 7.77. The molecule has 1 fully saturated rings. The Morgan fingerprint density at radius 2 is 1.42 bits per heavy atom. The monoisotopic (exact) mass is 417 g/mol. The van der Waals surface area contributed by atoms with Crippen molar-refractivity contribution in [1.29, 1.82) is 0 Å². The molecule has 3 aromatic rings. The smallest absolute Gasteiger partial charge is 0.258 e. The molecular weight excluding hydrogens is 388 g/mol. The van der Waals surface area contributed by atoms with Gasteiger partial charge in [-0.25, -0.2) is 0 Å². The van der Waals surface area contributed by atoms with Crippen LogP contribution in [-0.4, -0.2) is 51.2 Å². The molecule has 4 rings (SSSR count). The van der Waals surface area contributed by atoms with Crippen LogP contribution in [0.25, 0.3) is 0 Å². The van der Waals surface area contributed by atoms with Crippen molar-refractivity contribution in [1.82, 2.24) is 4.90 Å². The lowest BCUT2D eigenvalue weighted by Crippen LogP contribution is -3.15. The minimum absolute atomic E-state index is 0.00854. The molecule has 0 bridgehead atoms. The summed E-state index contributed by atoms with van der Waals surface area (Å²) in [5, 5.41) is 0. The van der Waals surface area contributed by atoms with E-state index in [1.807, 2.05) is 11.0 Å². The van der Waals surface area contributed by atoms with E-state index in [9.17, 15) is 4.79 Å². The normalized spacial score (nSPS) is 14.5. The van der Waals surface area contributed by atoms with Gasteiger partial charge in [0.15, 0.2) is 0 Å². The van der Waals surface area contributed by atoms with E-state index < -0.39 is 0 Å². The van der Waals surface area contributed by atoms with Gasteiger partial charge in [0.2, 0.25) is 0 Å². The summed E-state index contributed by atoms with van der Waals surface area (Å²) in [6.07, 6.45) is 0. The zero-order chi connectivity index (χ0) is 21.6. The van der Waals surface area contributed by atoms with E-state index in [2.05, 4.69) is 60.7 Å². The Labute approximate surface area is 183 Å². The highest BCUT2D eigenvalue weighted by atomic mass is 16.5. The quantitative estimate of drug-likeness (QED) is 0.671. The Balaban J connectivity index is 1.53. The van der Waals surface area contributed by atoms with Crippen LogP contribution in [0.4, 0.5) is 0 Å². The molecule has 3 aromatic carbocycles. The molecule has 0 aliphatic carbocycles. The van der Waals surface area contributed by atoms with Crippen molar-refractivity contribution in [2.75, 3.05) is 40.4 Å². The van der Waals surface area contributed by atoms with Crippen molar-refractivity contribution in [2.24, 2.45) is 0 Å². The second-order valence-corrected chi connectivity index (χ2v) is 7.77. The van der Waals surface area contributed by atoms with Crippen molar-refractivity contribution in [3.63, 3.8) is 0 Å². The number of carbonyl (C=O) groups excluding carboxylic acids is 1. The Hall–Kier alpha value is -3.31. The lowest BCUT2D eigenvalue weighted by Gasteiger charge is -2.37. The largest absolute Gasteiger partial charge is 0.497 e. The molecule has 160 valence electrons. The zero-order valence-corrected chi connectivity index (χ0v) is 18.1. The molecule has 0 atom stereocenters. The van der Waals surface area contributed by atoms with Gasteiger partial charge in [-0.05, 0) is 18.2 Å². The third kappa shape index (κ3) is 4.57. The topological polar surface area (TPSA) is 43.2 Å². The second kappa shape index (κ2) is 9.67. The van der Waals surface area contributed by atoms with Gasteiger partial charge in [0.1, 0.15) is 17.5 Å². The third-order valence-electron chi connectivity index (χ3n) is 6.00. The van der Waals surface area contributed by atoms with Gasteiger partial charge in [-0.2, -0.15) is 0 Å². The van der Waals surface area contributed by atoms with E-state index in [0.29, 0.717) is 30.2 Å². The maximum atomic E-state index is 13.2. The van der Waals surface area contributed by atoms with Crippen LogP contribution < -0.4 is 14.4 Å². The summed E-state index contributed by atoms with van der Waals surface area (Å²) in [5.41, 5.74) is 3.16. The standard InChI is InChI=1S/C26H28N2O3/c1-30-22-13-14-24(31-2)23(19-22)26(29)28-17-15-27(16-18-28)25(20-9-5-3-6-10-20)21-11-7-4-8-12-21/h3-14,19,25H,15-18H2,1-2H3/p+1. The van der Waals surface area contributed by atoms with Gasteiger partial charge in [-0.3, -0.25) is 4.79 Å². The molecule has 31 heavy (non-hydrogen) atoms. The van der Waals surface area contributed by atoms with Gasteiger partial charge in [0.25, 0.3) is 5.91 Å². The number of nitrogens with zero attached hydrogens (tertiary/aromatic N) is 1. The van der Waals surface area contributed by atoms with Gasteiger partial charge >= 0.3 is 0 Å². The van der Waals surface area contributed by atoms with Crippen molar-refractivity contribution in [3.05, 3.63) is 95.6 Å². The fourth-order valence-electron chi connectivity index (χ4n) is 4.39. The number of methoxy groups -OCH3 is 2. The van der Waals surface area contributed by atoms with E-state index in [1.54, 1.807) is 26.4 Å². The van der Waals surface area contributed by atoms with Crippen LogP contribution in [0.1, 0.15) is 27.5 Å². The lowest BCUT2D eigenvalue weighted by molar-refractivity contribution is -0.929. The maximum Gasteiger partial charge on any atom is 0.258 e. The van der Waals surface area contributed by atoms with Crippen molar-refractivity contribution in [3.8, 4) is 11.5 Å². The lowest BCUT2D eigenvalue weighted by atomic mass is 9.96. The summed E-state index contributed by atoms with van der Waals surface area (Å²) >= 11 is 0. The summed E-state index contributed by atoms with van der Waals surface area (Å²) in [4.78, 5) is 16.6. The van der Waals surface area contributed by atoms with E-state index in [1.165, 1.54) is 16.0 Å². The summed E-state index contributed by atoms with van der Waals surface area (Å²) in [6.45, 7) is 3.16. The first-order valence-electron chi connectivity index (χ1n) is 10.7. The molecule has 5 nitrogen and oxygen atoms in total. The number of carbonyl (C=O) groups is 1. The van der Waals surface area contributed by atoms with Crippen LogP contribution in [0.5, 0.6) is 11.5 Å². The van der Waals surface area contributed by atoms with Gasteiger partial charge in [-0.15, -0.1) is 0 Å². The first-order valence-corrected chi connectivity index (χ1v) is 10.7. The number of hydrogen-bond donors (Lipinski definition) is 1. The SMILES string of the molecule is COc1ccc(OC)c(C(=O)N2CC[NH+](C(c3ccccc3)c3ccccc3)CC2)c1. The average molecular weight is 418 g/mol. The van der Waals surface area contributed by atoms with E-state index in [0.717, 1.165) is 13.1 Å². The molecule has 1 saturated heterocycles. The average Bonchev–Trinajstić information content (AvgIpc) is 2.85. The predicted octanol–water partition coefficient (Wildman–Crippen LogP) is 2.83. The summed E-state index contributed by atoms with van der Waals surface area (Å²) in [5.74, 6) is 1.22. The predicted molar refractivity (Wildman–Crippen MR) is 121 cm³/mol. The Morgan fingerprint density at radius 1 is 0.839 bits per heavy atom. The fourth-order valence-corrected chi connectivity index (χ4v) is 4.39. The van der Waals surface area contributed by atoms with Crippen LogP contribution in [0, 0.1) is 0 Å². The minimum atomic E-state index is -0.00854. The number of nitrogens with one attached hydrogen (secondary N) is 1. The van der Waals surface area contributed by atoms with Gasteiger partial charge in [0.05, 0.1) is 46.0 Å². The molecule has 1 heterocycles. The summed E-state index contributed by atoms with van der Waals surface area (Å²) < 4.78 is 10.7. The van der Waals surface area contributed by atoms with Crippen molar-refractivity contribution in [2.45, 2.75) is 6.04 Å². The number of amides is 1. The fraction of sp³-hybridized carbons (Fsp3) is 0.269. The van der Waals surface area contributed by atoms with E-state index >= 15 is 0 Å². The molecule has 5 heteroatoms. The van der Waals surface area contributed by atoms with Gasteiger partial charge in [-0.1, -0.05) is 60.7 Å². The third-order valence-corrected chi connectivity index (χ3v) is 6.00. The van der Waals surface area contributed by atoms with Gasteiger partial charge in [0, 0.05) is 11.1 Å². The Bertz CT molecular complexity index is 960. The molecule has 1 amide bonds. The number of hydrogen-bond acceptors (Lipinski definition) is 3. The van der Waals surface area contributed by atoms with Crippen molar-refractivity contribution >= 4 is 5.91 Å². The summed E-state index contributed by atoms with van der Waals surface area (Å²) in [7, 11) is 3.19. The zero-order valence-electron chi connectivity index (χ0n) is 18.1. The minimum Gasteiger partial charge on any atom is -0.497 e. The molecule has 1 aliphatic heterocycles. The van der Waals surface area contributed by atoms with E-state index in [-0.39, 0.29) is 11.9 Å². The molecule has 1 N–H and O–H groups in total. The molecule has 0 radical (unpaired) electrons. The number of benzene rings is 3. The first-order chi connectivity index (χ1) is 15.2. The Kier molecular flexibility index (Phi) is 6.53. The number of ether oxygens (including phenoxy) is 2. The highest BCUT2D eigenvalue weighted by Gasteiger charge is 2.32. The molecule has 0 saturated carbocycles. The summed E-state index contributed by atoms with van der Waals surface area (Å²) in [6, 6.07) is 26.9. The van der Waals surface area contributed by atoms with Crippen molar-refractivity contribution < 1.29 is 19.2 Å². The Morgan fingerprint density at radius 3 is 1.94 bits per heavy atom. The van der Waals surface area contributed by atoms with Gasteiger partial charge < -0.3 is 19.3 Å². The van der Waals surface area contributed by atoms with Crippen LogP contribution in [0.2, 0.25) is 0 Å². The molecule has 1 aliphatic rings. The highest BCUT2D eigenvalue weighted by Crippen LogP contribution is 2.26. The molecule has 0 aromatic heterocycles. The number of quaternary nitrogens is 1. The van der Waals surface area contributed by atoms with E-state index in [4.69, 9.17) is 9.47 Å².